The summed E-state index contributed by atoms with van der Waals surface area (Å²) < 4.78 is 0. The van der Waals surface area contributed by atoms with Gasteiger partial charge in [-0.25, -0.2) is 4.98 Å². The van der Waals surface area contributed by atoms with E-state index in [0.29, 0.717) is 17.1 Å². The quantitative estimate of drug-likeness (QED) is 0.563. The second kappa shape index (κ2) is 5.12. The Hall–Kier alpha value is -3.37. The van der Waals surface area contributed by atoms with Crippen molar-refractivity contribution in [3.63, 3.8) is 0 Å². The maximum atomic E-state index is 9.19. The average Bonchev–Trinajstić information content (AvgIpc) is 3.02. The summed E-state index contributed by atoms with van der Waals surface area (Å²) in [5.74, 6) is 0.730. The zero-order valence-electron chi connectivity index (χ0n) is 12.4. The molecular weight excluding hydrogens is 288 g/mol. The number of aromatic nitrogens is 1. The van der Waals surface area contributed by atoms with Crippen LogP contribution in [0.15, 0.2) is 58.8 Å². The largest absolute Gasteiger partial charge is 0.497 e. The summed E-state index contributed by atoms with van der Waals surface area (Å²) in [6.07, 6.45) is 0. The Bertz CT molecular complexity index is 998. The Morgan fingerprint density at radius 1 is 1.00 bits per heavy atom. The van der Waals surface area contributed by atoms with Gasteiger partial charge in [0.05, 0.1) is 10.6 Å². The summed E-state index contributed by atoms with van der Waals surface area (Å²) in [6.45, 7) is 2.03. The molecule has 1 aliphatic rings. The molecule has 0 amide bonds. The molecular formula is C17H12N6. The van der Waals surface area contributed by atoms with E-state index in [9.17, 15) is 5.53 Å². The normalized spacial score (nSPS) is 12.3. The van der Waals surface area contributed by atoms with Crippen molar-refractivity contribution in [2.45, 2.75) is 6.92 Å². The number of azo groups is 1. The van der Waals surface area contributed by atoms with Gasteiger partial charge in [0.1, 0.15) is 5.69 Å². The molecule has 0 saturated carbocycles. The number of anilines is 2. The first-order valence-electron chi connectivity index (χ1n) is 7.17. The van der Waals surface area contributed by atoms with Crippen LogP contribution in [-0.4, -0.2) is 15.6 Å². The van der Waals surface area contributed by atoms with Crippen molar-refractivity contribution >= 4 is 33.9 Å². The molecule has 4 rings (SSSR count). The number of hydrogen-bond acceptors (Lipinski definition) is 3. The lowest BCUT2D eigenvalue weighted by Gasteiger charge is -2.09. The van der Waals surface area contributed by atoms with Crippen molar-refractivity contribution in [1.29, 1.82) is 0 Å². The maximum Gasteiger partial charge on any atom is 0.439 e. The first kappa shape index (κ1) is 13.3. The third kappa shape index (κ3) is 2.18. The van der Waals surface area contributed by atoms with Gasteiger partial charge in [-0.15, -0.1) is 0 Å². The monoisotopic (exact) mass is 300 g/mol. The summed E-state index contributed by atoms with van der Waals surface area (Å²) in [6, 6.07) is 15.6. The standard InChI is InChI=1S/C17H12N6/c1-10-6-8-11(9-7-10)19-16-14-15(22-23-17(14)21-18)12-4-2-3-5-13(12)20-16/h2-9H,1H3,(H,19,20). The Labute approximate surface area is 132 Å². The smallest absolute Gasteiger partial charge is 0.439 e. The number of para-hydroxylation sites is 1. The molecule has 110 valence electrons. The molecule has 0 unspecified atom stereocenters. The van der Waals surface area contributed by atoms with Gasteiger partial charge in [-0.1, -0.05) is 35.9 Å². The molecule has 0 radical (unpaired) electrons. The van der Waals surface area contributed by atoms with Crippen LogP contribution in [0.3, 0.4) is 0 Å². The summed E-state index contributed by atoms with van der Waals surface area (Å²) in [4.78, 5) is 7.87. The van der Waals surface area contributed by atoms with Gasteiger partial charge in [-0.3, -0.25) is 0 Å². The SMILES string of the molecule is Cc1ccc(Nc2nc3ccccc3c3c2C(=[N+]=[N-])N=N3)cc1. The first-order chi connectivity index (χ1) is 11.3. The number of hydrogen-bond donors (Lipinski definition) is 1. The van der Waals surface area contributed by atoms with Crippen LogP contribution >= 0.6 is 0 Å². The summed E-state index contributed by atoms with van der Waals surface area (Å²) >= 11 is 0. The van der Waals surface area contributed by atoms with Gasteiger partial charge >= 0.3 is 5.84 Å². The van der Waals surface area contributed by atoms with E-state index in [1.54, 1.807) is 0 Å². The predicted molar refractivity (Wildman–Crippen MR) is 88.4 cm³/mol. The molecule has 3 aromatic rings. The molecule has 23 heavy (non-hydrogen) atoms. The Morgan fingerprint density at radius 2 is 1.78 bits per heavy atom. The number of nitrogens with one attached hydrogen (secondary N) is 1. The zero-order valence-corrected chi connectivity index (χ0v) is 12.4. The lowest BCUT2D eigenvalue weighted by molar-refractivity contribution is -0.00541. The summed E-state index contributed by atoms with van der Waals surface area (Å²) in [5.41, 5.74) is 13.3. The number of aryl methyl sites for hydroxylation is 1. The Kier molecular flexibility index (Phi) is 2.96. The average molecular weight is 300 g/mol. The van der Waals surface area contributed by atoms with Gasteiger partial charge < -0.3 is 15.6 Å². The third-order valence-electron chi connectivity index (χ3n) is 3.74. The van der Waals surface area contributed by atoms with Crippen LogP contribution in [0.4, 0.5) is 17.2 Å². The fraction of sp³-hybridized carbons (Fsp3) is 0.0588. The molecule has 1 N–H and O–H groups in total. The Balaban J connectivity index is 1.93. The predicted octanol–water partition coefficient (Wildman–Crippen LogP) is 4.36. The molecule has 1 aliphatic heterocycles. The molecule has 2 heterocycles. The van der Waals surface area contributed by atoms with E-state index in [-0.39, 0.29) is 5.84 Å². The van der Waals surface area contributed by atoms with Gasteiger partial charge in [0, 0.05) is 11.1 Å². The first-order valence-corrected chi connectivity index (χ1v) is 7.17. The van der Waals surface area contributed by atoms with E-state index in [1.165, 1.54) is 5.56 Å². The second-order valence-corrected chi connectivity index (χ2v) is 5.32. The highest BCUT2D eigenvalue weighted by atomic mass is 15.2. The van der Waals surface area contributed by atoms with E-state index >= 15 is 0 Å². The minimum absolute atomic E-state index is 0.160. The van der Waals surface area contributed by atoms with Gasteiger partial charge in [0.15, 0.2) is 11.4 Å². The van der Waals surface area contributed by atoms with E-state index in [2.05, 4.69) is 25.3 Å². The highest BCUT2D eigenvalue weighted by Gasteiger charge is 2.32. The van der Waals surface area contributed by atoms with Gasteiger partial charge in [-0.2, -0.15) is 0 Å². The van der Waals surface area contributed by atoms with E-state index in [0.717, 1.165) is 16.6 Å². The molecule has 0 spiro atoms. The van der Waals surface area contributed by atoms with Crippen molar-refractivity contribution in [1.82, 2.24) is 4.98 Å². The molecule has 2 aromatic carbocycles. The molecule has 0 aliphatic carbocycles. The van der Waals surface area contributed by atoms with Crippen molar-refractivity contribution < 1.29 is 4.79 Å². The number of amidine groups is 1. The Morgan fingerprint density at radius 3 is 2.57 bits per heavy atom. The van der Waals surface area contributed by atoms with Crippen LogP contribution in [-0.2, 0) is 0 Å². The topological polar surface area (TPSA) is 86.0 Å². The molecule has 1 aromatic heterocycles. The zero-order chi connectivity index (χ0) is 15.8. The molecule has 0 bridgehead atoms. The van der Waals surface area contributed by atoms with Crippen LogP contribution in [0.25, 0.3) is 16.4 Å². The number of rotatable bonds is 2. The van der Waals surface area contributed by atoms with Crippen LogP contribution < -0.4 is 5.32 Å². The molecule has 0 atom stereocenters. The highest BCUT2D eigenvalue weighted by molar-refractivity contribution is 6.13. The maximum absolute atomic E-state index is 9.19. The minimum Gasteiger partial charge on any atom is -0.497 e. The van der Waals surface area contributed by atoms with Crippen molar-refractivity contribution in [3.05, 3.63) is 65.2 Å². The number of pyridine rings is 1. The van der Waals surface area contributed by atoms with Gasteiger partial charge in [0.2, 0.25) is 0 Å². The molecule has 0 fully saturated rings. The molecule has 0 saturated heterocycles. The minimum atomic E-state index is 0.160. The van der Waals surface area contributed by atoms with Crippen LogP contribution in [0, 0.1) is 6.92 Å². The van der Waals surface area contributed by atoms with Gasteiger partial charge in [-0.05, 0) is 30.2 Å². The fourth-order valence-corrected chi connectivity index (χ4v) is 2.59. The highest BCUT2D eigenvalue weighted by Crippen LogP contribution is 2.38. The van der Waals surface area contributed by atoms with Crippen molar-refractivity contribution in [3.8, 4) is 0 Å². The third-order valence-corrected chi connectivity index (χ3v) is 3.74. The number of nitrogens with zero attached hydrogens (tertiary/aromatic N) is 5. The number of fused-ring (bicyclic) bond motifs is 3. The van der Waals surface area contributed by atoms with Crippen LogP contribution in [0.2, 0.25) is 0 Å². The van der Waals surface area contributed by atoms with Crippen molar-refractivity contribution in [2.75, 3.05) is 5.32 Å². The van der Waals surface area contributed by atoms with Crippen molar-refractivity contribution in [2.24, 2.45) is 10.2 Å². The summed E-state index contributed by atoms with van der Waals surface area (Å²) in [7, 11) is 0. The van der Waals surface area contributed by atoms with Gasteiger partial charge in [0.25, 0.3) is 0 Å². The van der Waals surface area contributed by atoms with Crippen LogP contribution in [0.1, 0.15) is 11.1 Å². The van der Waals surface area contributed by atoms with E-state index < -0.39 is 0 Å². The lowest BCUT2D eigenvalue weighted by atomic mass is 10.1. The van der Waals surface area contributed by atoms with E-state index in [4.69, 9.17) is 0 Å². The fourth-order valence-electron chi connectivity index (χ4n) is 2.59. The summed E-state index contributed by atoms with van der Waals surface area (Å²) in [5, 5.41) is 12.2. The van der Waals surface area contributed by atoms with Crippen LogP contribution in [0.5, 0.6) is 0 Å². The van der Waals surface area contributed by atoms with E-state index in [1.807, 2.05) is 55.5 Å². The lowest BCUT2D eigenvalue weighted by Crippen LogP contribution is -2.04. The second-order valence-electron chi connectivity index (χ2n) is 5.32. The molecule has 6 nitrogen and oxygen atoms in total. The number of benzene rings is 2. The molecule has 6 heteroatoms.